The first-order chi connectivity index (χ1) is 6.93. The van der Waals surface area contributed by atoms with E-state index >= 15 is 0 Å². The van der Waals surface area contributed by atoms with Gasteiger partial charge in [0.15, 0.2) is 0 Å². The molecule has 3 nitrogen and oxygen atoms in total. The highest BCUT2D eigenvalue weighted by atomic mass is 16.2. The summed E-state index contributed by atoms with van der Waals surface area (Å²) in [5.41, 5.74) is 0.251. The Morgan fingerprint density at radius 3 is 2.33 bits per heavy atom. The van der Waals surface area contributed by atoms with Gasteiger partial charge in [0.25, 0.3) is 0 Å². The first-order valence-corrected chi connectivity index (χ1v) is 5.99. The highest BCUT2D eigenvalue weighted by Crippen LogP contribution is 2.35. The van der Waals surface area contributed by atoms with Gasteiger partial charge in [-0.1, -0.05) is 6.92 Å². The summed E-state index contributed by atoms with van der Waals surface area (Å²) in [4.78, 5) is 16.3. The normalized spacial score (nSPS) is 31.3. The van der Waals surface area contributed by atoms with Crippen molar-refractivity contribution in [1.82, 2.24) is 9.80 Å². The van der Waals surface area contributed by atoms with Gasteiger partial charge in [0.2, 0.25) is 5.91 Å². The second-order valence-corrected chi connectivity index (χ2v) is 5.77. The largest absolute Gasteiger partial charge is 0.337 e. The van der Waals surface area contributed by atoms with E-state index in [9.17, 15) is 4.79 Å². The third-order valence-electron chi connectivity index (χ3n) is 3.73. The molecule has 86 valence electrons. The molecule has 2 fully saturated rings. The van der Waals surface area contributed by atoms with Gasteiger partial charge in [-0.05, 0) is 27.2 Å². The summed E-state index contributed by atoms with van der Waals surface area (Å²) >= 11 is 0. The van der Waals surface area contributed by atoms with Crippen LogP contribution in [-0.2, 0) is 4.79 Å². The molecule has 2 saturated heterocycles. The number of nitrogens with zero attached hydrogens (tertiary/aromatic N) is 2. The van der Waals surface area contributed by atoms with Gasteiger partial charge in [-0.25, -0.2) is 0 Å². The van der Waals surface area contributed by atoms with Crippen molar-refractivity contribution < 1.29 is 4.79 Å². The van der Waals surface area contributed by atoms with Crippen molar-refractivity contribution in [3.8, 4) is 0 Å². The van der Waals surface area contributed by atoms with Crippen LogP contribution in [-0.4, -0.2) is 46.4 Å². The molecule has 0 N–H and O–H groups in total. The van der Waals surface area contributed by atoms with E-state index < -0.39 is 0 Å². The second kappa shape index (κ2) is 3.48. The van der Waals surface area contributed by atoms with Gasteiger partial charge in [0, 0.05) is 37.1 Å². The number of carbonyl (C=O) groups is 1. The van der Waals surface area contributed by atoms with E-state index in [-0.39, 0.29) is 5.54 Å². The molecule has 0 spiro atoms. The molecule has 2 bridgehead atoms. The Morgan fingerprint density at radius 1 is 1.27 bits per heavy atom. The van der Waals surface area contributed by atoms with Crippen LogP contribution in [0.2, 0.25) is 0 Å². The Balaban J connectivity index is 2.03. The third kappa shape index (κ3) is 1.78. The Morgan fingerprint density at radius 2 is 1.93 bits per heavy atom. The van der Waals surface area contributed by atoms with Crippen LogP contribution in [0, 0.1) is 0 Å². The van der Waals surface area contributed by atoms with Crippen molar-refractivity contribution in [3.63, 3.8) is 0 Å². The minimum Gasteiger partial charge on any atom is -0.337 e. The highest BCUT2D eigenvalue weighted by Gasteiger charge is 2.47. The molecule has 2 rings (SSSR count). The van der Waals surface area contributed by atoms with Crippen molar-refractivity contribution in [2.75, 3.05) is 13.1 Å². The fourth-order valence-electron chi connectivity index (χ4n) is 3.00. The zero-order valence-corrected chi connectivity index (χ0v) is 10.3. The number of carbonyl (C=O) groups excluding carboxylic acids is 1. The van der Waals surface area contributed by atoms with E-state index in [1.165, 1.54) is 6.42 Å². The van der Waals surface area contributed by atoms with Crippen LogP contribution < -0.4 is 0 Å². The van der Waals surface area contributed by atoms with Crippen molar-refractivity contribution in [2.45, 2.75) is 58.2 Å². The minimum absolute atomic E-state index is 0.251. The summed E-state index contributed by atoms with van der Waals surface area (Å²) in [5, 5.41) is 0. The van der Waals surface area contributed by atoms with Gasteiger partial charge in [-0.15, -0.1) is 0 Å². The summed E-state index contributed by atoms with van der Waals surface area (Å²) < 4.78 is 0. The molecule has 2 unspecified atom stereocenters. The number of hydrogen-bond acceptors (Lipinski definition) is 2. The van der Waals surface area contributed by atoms with Gasteiger partial charge in [-0.3, -0.25) is 9.69 Å². The molecule has 0 aromatic rings. The first-order valence-electron chi connectivity index (χ1n) is 5.99. The summed E-state index contributed by atoms with van der Waals surface area (Å²) in [5.74, 6) is 0.330. The van der Waals surface area contributed by atoms with E-state index in [1.54, 1.807) is 0 Å². The monoisotopic (exact) mass is 210 g/mol. The molecule has 0 saturated carbocycles. The summed E-state index contributed by atoms with van der Waals surface area (Å²) in [6.07, 6.45) is 1.84. The SMILES string of the molecule is CCC(=O)N1CC2CC1CN2C(C)(C)C. The van der Waals surface area contributed by atoms with E-state index in [1.807, 2.05) is 6.92 Å². The molecular formula is C12H22N2O. The maximum absolute atomic E-state index is 11.7. The maximum atomic E-state index is 11.7. The number of likely N-dealkylation sites (tertiary alicyclic amines) is 2. The molecule has 2 atom stereocenters. The van der Waals surface area contributed by atoms with Gasteiger partial charge in [0.05, 0.1) is 0 Å². The number of rotatable bonds is 1. The van der Waals surface area contributed by atoms with Crippen LogP contribution in [0.3, 0.4) is 0 Å². The van der Waals surface area contributed by atoms with Gasteiger partial charge in [-0.2, -0.15) is 0 Å². The fraction of sp³-hybridized carbons (Fsp3) is 0.917. The molecule has 2 aliphatic rings. The van der Waals surface area contributed by atoms with Crippen LogP contribution in [0.5, 0.6) is 0 Å². The first kappa shape index (κ1) is 10.9. The Labute approximate surface area is 92.4 Å². The maximum Gasteiger partial charge on any atom is 0.222 e. The van der Waals surface area contributed by atoms with Crippen LogP contribution in [0.4, 0.5) is 0 Å². The molecule has 0 aliphatic carbocycles. The van der Waals surface area contributed by atoms with Gasteiger partial charge >= 0.3 is 0 Å². The lowest BCUT2D eigenvalue weighted by atomic mass is 10.0. The van der Waals surface area contributed by atoms with Crippen molar-refractivity contribution in [3.05, 3.63) is 0 Å². The summed E-state index contributed by atoms with van der Waals surface area (Å²) in [6.45, 7) is 10.8. The quantitative estimate of drug-likeness (QED) is 0.654. The predicted molar refractivity (Wildman–Crippen MR) is 60.7 cm³/mol. The molecule has 2 heterocycles. The molecule has 15 heavy (non-hydrogen) atoms. The number of piperazine rings is 1. The second-order valence-electron chi connectivity index (χ2n) is 5.77. The van der Waals surface area contributed by atoms with Crippen LogP contribution in [0.1, 0.15) is 40.5 Å². The molecule has 0 radical (unpaired) electrons. The molecule has 0 aromatic carbocycles. The lowest BCUT2D eigenvalue weighted by molar-refractivity contribution is -0.133. The molecule has 3 heteroatoms. The topological polar surface area (TPSA) is 23.6 Å². The Bertz CT molecular complexity index is 269. The van der Waals surface area contributed by atoms with E-state index in [4.69, 9.17) is 0 Å². The number of fused-ring (bicyclic) bond motifs is 2. The van der Waals surface area contributed by atoms with Crippen molar-refractivity contribution >= 4 is 5.91 Å². The average Bonchev–Trinajstić information content (AvgIpc) is 2.73. The number of amides is 1. The lowest BCUT2D eigenvalue weighted by Gasteiger charge is -2.42. The zero-order chi connectivity index (χ0) is 11.2. The Kier molecular flexibility index (Phi) is 2.53. The van der Waals surface area contributed by atoms with E-state index in [0.29, 0.717) is 24.4 Å². The van der Waals surface area contributed by atoms with Crippen molar-refractivity contribution in [2.24, 2.45) is 0 Å². The predicted octanol–water partition coefficient (Wildman–Crippen LogP) is 1.48. The van der Waals surface area contributed by atoms with Crippen LogP contribution in [0.25, 0.3) is 0 Å². The summed E-state index contributed by atoms with van der Waals surface area (Å²) in [6, 6.07) is 1.09. The third-order valence-corrected chi connectivity index (χ3v) is 3.73. The average molecular weight is 210 g/mol. The molecule has 2 aliphatic heterocycles. The lowest BCUT2D eigenvalue weighted by Crippen LogP contribution is -2.54. The van der Waals surface area contributed by atoms with Gasteiger partial charge in [0.1, 0.15) is 0 Å². The minimum atomic E-state index is 0.251. The zero-order valence-electron chi connectivity index (χ0n) is 10.3. The van der Waals surface area contributed by atoms with E-state index in [2.05, 4.69) is 30.6 Å². The van der Waals surface area contributed by atoms with Gasteiger partial charge < -0.3 is 4.90 Å². The standard InChI is InChI=1S/C12H22N2O/c1-5-11(15)13-7-10-6-9(13)8-14(10)12(2,3)4/h9-10H,5-8H2,1-4H3. The molecular weight excluding hydrogens is 188 g/mol. The molecule has 1 amide bonds. The molecule has 0 aromatic heterocycles. The summed E-state index contributed by atoms with van der Waals surface area (Å²) in [7, 11) is 0. The number of hydrogen-bond donors (Lipinski definition) is 0. The smallest absolute Gasteiger partial charge is 0.222 e. The van der Waals surface area contributed by atoms with Crippen LogP contribution in [0.15, 0.2) is 0 Å². The fourth-order valence-corrected chi connectivity index (χ4v) is 3.00. The highest BCUT2D eigenvalue weighted by molar-refractivity contribution is 5.76. The van der Waals surface area contributed by atoms with Crippen molar-refractivity contribution in [1.29, 1.82) is 0 Å². The van der Waals surface area contributed by atoms with E-state index in [0.717, 1.165) is 13.1 Å². The Hall–Kier alpha value is -0.570. The van der Waals surface area contributed by atoms with Crippen LogP contribution >= 0.6 is 0 Å².